The lowest BCUT2D eigenvalue weighted by molar-refractivity contribution is -0.939. The Morgan fingerprint density at radius 1 is 1.03 bits per heavy atom. The molecule has 3 aliphatic heterocycles. The molecule has 3 heterocycles. The number of fused-ring (bicyclic) bond motifs is 3. The summed E-state index contributed by atoms with van der Waals surface area (Å²) in [6.07, 6.45) is 1.92. The van der Waals surface area contributed by atoms with Gasteiger partial charge >= 0.3 is 5.97 Å². The average Bonchev–Trinajstić information content (AvgIpc) is 2.73. The molecule has 0 amide bonds. The fraction of sp³-hybridized carbons (Fsp3) is 0.417. The zero-order chi connectivity index (χ0) is 20.3. The molecule has 152 valence electrons. The first-order chi connectivity index (χ1) is 14.0. The first kappa shape index (κ1) is 19.6. The van der Waals surface area contributed by atoms with Gasteiger partial charge in [-0.25, -0.2) is 4.79 Å². The van der Waals surface area contributed by atoms with E-state index in [0.717, 1.165) is 48.2 Å². The number of carbonyl (C=O) groups is 2. The number of ether oxygens (including phenoxy) is 1. The Balaban J connectivity index is 1.51. The smallest absolute Gasteiger partial charge is 0.333 e. The molecule has 0 spiro atoms. The summed E-state index contributed by atoms with van der Waals surface area (Å²) in [5, 5.41) is 3.34. The highest BCUT2D eigenvalue weighted by Crippen LogP contribution is 2.36. The molecule has 29 heavy (non-hydrogen) atoms. The molecule has 5 nitrogen and oxygen atoms in total. The van der Waals surface area contributed by atoms with E-state index in [1.54, 1.807) is 6.92 Å². The Hall–Kier alpha value is -2.66. The van der Waals surface area contributed by atoms with Crippen LogP contribution in [-0.4, -0.2) is 48.5 Å². The molecule has 0 saturated carbocycles. The van der Waals surface area contributed by atoms with Gasteiger partial charge in [-0.2, -0.15) is 0 Å². The number of hydrogen-bond acceptors (Lipinski definition) is 4. The van der Waals surface area contributed by atoms with Crippen LogP contribution in [-0.2, 0) is 14.3 Å². The minimum absolute atomic E-state index is 0.117. The molecule has 2 bridgehead atoms. The predicted molar refractivity (Wildman–Crippen MR) is 112 cm³/mol. The molecule has 2 aromatic carbocycles. The molecule has 0 radical (unpaired) electrons. The zero-order valence-electron chi connectivity index (χ0n) is 16.9. The molecule has 2 atom stereocenters. The minimum atomic E-state index is -0.560. The summed E-state index contributed by atoms with van der Waals surface area (Å²) < 4.78 is 6.86. The van der Waals surface area contributed by atoms with E-state index in [4.69, 9.17) is 4.74 Å². The van der Waals surface area contributed by atoms with Gasteiger partial charge in [-0.1, -0.05) is 48.5 Å². The topological polar surface area (TPSA) is 55.4 Å². The van der Waals surface area contributed by atoms with Crippen LogP contribution < -0.4 is 5.32 Å². The largest absolute Gasteiger partial charge is 0.454 e. The number of Topliss-reactive ketones (excluding diaryl/α,β-unsaturated/α-hetero) is 1. The van der Waals surface area contributed by atoms with Gasteiger partial charge < -0.3 is 14.5 Å². The standard InChI is InChI=1S/C24H29N2O3/c1-18(27)16-26-14-12-19(13-15-26)22(17-26)29-24(28)23(20-8-4-2-5-9-20)25-21-10-6-3-7-11-21/h2-11,19,22-23,25H,12-17H2,1H3/q+1/t19?,22-,23+,26?/m0/s1. The van der Waals surface area contributed by atoms with Crippen LogP contribution in [0, 0.1) is 5.92 Å². The van der Waals surface area contributed by atoms with Crippen molar-refractivity contribution in [1.82, 2.24) is 0 Å². The van der Waals surface area contributed by atoms with Crippen molar-refractivity contribution < 1.29 is 18.8 Å². The maximum absolute atomic E-state index is 13.3. The number of para-hydroxylation sites is 1. The Bertz CT molecular complexity index is 845. The Kier molecular flexibility index (Phi) is 5.67. The first-order valence-corrected chi connectivity index (χ1v) is 10.5. The van der Waals surface area contributed by atoms with Crippen molar-refractivity contribution in [3.63, 3.8) is 0 Å². The molecule has 1 N–H and O–H groups in total. The van der Waals surface area contributed by atoms with Crippen molar-refractivity contribution >= 4 is 17.4 Å². The zero-order valence-corrected chi connectivity index (χ0v) is 16.9. The number of anilines is 1. The summed E-state index contributed by atoms with van der Waals surface area (Å²) >= 11 is 0. The van der Waals surface area contributed by atoms with Crippen LogP contribution in [0.15, 0.2) is 60.7 Å². The van der Waals surface area contributed by atoms with Gasteiger partial charge in [0.1, 0.15) is 13.1 Å². The fourth-order valence-electron chi connectivity index (χ4n) is 4.89. The van der Waals surface area contributed by atoms with E-state index in [0.29, 0.717) is 12.5 Å². The monoisotopic (exact) mass is 393 g/mol. The molecule has 5 rings (SSSR count). The lowest BCUT2D eigenvalue weighted by Gasteiger charge is -2.51. The average molecular weight is 394 g/mol. The molecular weight excluding hydrogens is 364 g/mol. The van der Waals surface area contributed by atoms with Crippen LogP contribution >= 0.6 is 0 Å². The van der Waals surface area contributed by atoms with Gasteiger partial charge in [0.25, 0.3) is 0 Å². The van der Waals surface area contributed by atoms with Crippen LogP contribution in [0.25, 0.3) is 0 Å². The highest BCUT2D eigenvalue weighted by molar-refractivity contribution is 5.81. The number of nitrogens with one attached hydrogen (secondary N) is 1. The van der Waals surface area contributed by atoms with Gasteiger partial charge in [-0.3, -0.25) is 4.79 Å². The van der Waals surface area contributed by atoms with E-state index in [1.165, 1.54) is 0 Å². The predicted octanol–water partition coefficient (Wildman–Crippen LogP) is 3.58. The van der Waals surface area contributed by atoms with Gasteiger partial charge in [-0.15, -0.1) is 0 Å². The van der Waals surface area contributed by atoms with E-state index < -0.39 is 6.04 Å². The van der Waals surface area contributed by atoms with Crippen molar-refractivity contribution in [2.24, 2.45) is 5.92 Å². The lowest BCUT2D eigenvalue weighted by Crippen LogP contribution is -2.65. The summed E-state index contributed by atoms with van der Waals surface area (Å²) in [5.74, 6) is 0.363. The SMILES string of the molecule is CC(=O)C[N+]12CCC(CC1)[C@@H](OC(=O)[C@H](Nc1ccccc1)c1ccccc1)C2. The second-order valence-corrected chi connectivity index (χ2v) is 8.50. The number of rotatable bonds is 7. The third kappa shape index (κ3) is 4.51. The van der Waals surface area contributed by atoms with Crippen molar-refractivity contribution in [2.45, 2.75) is 31.9 Å². The second-order valence-electron chi connectivity index (χ2n) is 8.50. The van der Waals surface area contributed by atoms with Gasteiger partial charge in [0.05, 0.1) is 13.1 Å². The molecule has 0 unspecified atom stereocenters. The molecule has 3 saturated heterocycles. The van der Waals surface area contributed by atoms with Crippen LogP contribution in [0.3, 0.4) is 0 Å². The van der Waals surface area contributed by atoms with E-state index in [1.807, 2.05) is 60.7 Å². The third-order valence-electron chi connectivity index (χ3n) is 6.32. The van der Waals surface area contributed by atoms with Crippen LogP contribution in [0.2, 0.25) is 0 Å². The number of piperidine rings is 3. The summed E-state index contributed by atoms with van der Waals surface area (Å²) in [7, 11) is 0. The number of hydrogen-bond donors (Lipinski definition) is 1. The maximum atomic E-state index is 13.3. The van der Waals surface area contributed by atoms with Crippen LogP contribution in [0.4, 0.5) is 5.69 Å². The Morgan fingerprint density at radius 3 is 2.28 bits per heavy atom. The number of carbonyl (C=O) groups excluding carboxylic acids is 2. The number of nitrogens with zero attached hydrogens (tertiary/aromatic N) is 1. The molecular formula is C24H29N2O3+. The van der Waals surface area contributed by atoms with Crippen LogP contribution in [0.1, 0.15) is 31.4 Å². The molecule has 3 aliphatic rings. The summed E-state index contributed by atoms with van der Waals surface area (Å²) in [6.45, 7) is 4.99. The Labute approximate surface area is 172 Å². The highest BCUT2D eigenvalue weighted by atomic mass is 16.5. The number of esters is 1. The molecule has 2 aromatic rings. The first-order valence-electron chi connectivity index (χ1n) is 10.5. The highest BCUT2D eigenvalue weighted by Gasteiger charge is 2.48. The second kappa shape index (κ2) is 8.37. The minimum Gasteiger partial charge on any atom is -0.454 e. The number of benzene rings is 2. The van der Waals surface area contributed by atoms with Crippen molar-refractivity contribution in [1.29, 1.82) is 0 Å². The summed E-state index contributed by atoms with van der Waals surface area (Å²) in [4.78, 5) is 25.0. The van der Waals surface area contributed by atoms with Crippen molar-refractivity contribution in [3.8, 4) is 0 Å². The number of ketones is 1. The van der Waals surface area contributed by atoms with Crippen LogP contribution in [0.5, 0.6) is 0 Å². The number of quaternary nitrogens is 1. The van der Waals surface area contributed by atoms with Gasteiger partial charge in [0.15, 0.2) is 17.9 Å². The lowest BCUT2D eigenvalue weighted by atomic mass is 9.83. The molecule has 0 aliphatic carbocycles. The van der Waals surface area contributed by atoms with Gasteiger partial charge in [0.2, 0.25) is 0 Å². The molecule has 5 heteroatoms. The maximum Gasteiger partial charge on any atom is 0.333 e. The summed E-state index contributed by atoms with van der Waals surface area (Å²) in [5.41, 5.74) is 1.77. The van der Waals surface area contributed by atoms with Crippen molar-refractivity contribution in [2.75, 3.05) is 31.5 Å². The molecule has 0 aromatic heterocycles. The third-order valence-corrected chi connectivity index (χ3v) is 6.32. The normalized spacial score (nSPS) is 26.5. The van der Waals surface area contributed by atoms with E-state index in [-0.39, 0.29) is 17.9 Å². The quantitative estimate of drug-likeness (QED) is 0.577. The van der Waals surface area contributed by atoms with E-state index in [2.05, 4.69) is 5.32 Å². The van der Waals surface area contributed by atoms with E-state index >= 15 is 0 Å². The van der Waals surface area contributed by atoms with Gasteiger partial charge in [0, 0.05) is 31.4 Å². The summed E-state index contributed by atoms with van der Waals surface area (Å²) in [6, 6.07) is 18.9. The Morgan fingerprint density at radius 2 is 1.66 bits per heavy atom. The van der Waals surface area contributed by atoms with Crippen molar-refractivity contribution in [3.05, 3.63) is 66.2 Å². The van der Waals surface area contributed by atoms with E-state index in [9.17, 15) is 9.59 Å². The molecule has 3 fully saturated rings. The van der Waals surface area contributed by atoms with Gasteiger partial charge in [-0.05, 0) is 17.7 Å². The fourth-order valence-corrected chi connectivity index (χ4v) is 4.89.